The Morgan fingerprint density at radius 2 is 2.00 bits per heavy atom. The van der Waals surface area contributed by atoms with Crippen LogP contribution in [0.2, 0.25) is 0 Å². The van der Waals surface area contributed by atoms with Crippen LogP contribution in [-0.4, -0.2) is 10.6 Å². The van der Waals surface area contributed by atoms with Gasteiger partial charge in [-0.2, -0.15) is 0 Å². The quantitative estimate of drug-likeness (QED) is 0.585. The Balaban J connectivity index is 2.64. The lowest BCUT2D eigenvalue weighted by atomic mass is 10.2. The van der Waals surface area contributed by atoms with E-state index in [4.69, 9.17) is 0 Å². The van der Waals surface area contributed by atoms with E-state index in [1.165, 1.54) is 0 Å². The number of rotatable bonds is 3. The number of allylic oxidation sites excluding steroid dienone is 1. The molecule has 0 saturated heterocycles. The molecule has 1 aromatic carbocycles. The molecule has 0 N–H and O–H groups in total. The van der Waals surface area contributed by atoms with Gasteiger partial charge in [0.1, 0.15) is 0 Å². The molecule has 0 spiro atoms. The highest BCUT2D eigenvalue weighted by atomic mass is 79.9. The zero-order valence-electron chi connectivity index (χ0n) is 7.41. The number of hydrogen-bond donors (Lipinski definition) is 0. The van der Waals surface area contributed by atoms with Gasteiger partial charge in [0.2, 0.25) is 0 Å². The summed E-state index contributed by atoms with van der Waals surface area (Å²) >= 11 is 3.21. The van der Waals surface area contributed by atoms with Gasteiger partial charge in [0.05, 0.1) is 4.83 Å². The summed E-state index contributed by atoms with van der Waals surface area (Å²) in [5.74, 6) is 0.0869. The zero-order valence-corrected chi connectivity index (χ0v) is 8.99. The third-order valence-corrected chi connectivity index (χ3v) is 2.08. The summed E-state index contributed by atoms with van der Waals surface area (Å²) in [5, 5.41) is 0. The molecular weight excluding hydrogens is 228 g/mol. The van der Waals surface area contributed by atoms with Crippen molar-refractivity contribution in [3.63, 3.8) is 0 Å². The van der Waals surface area contributed by atoms with Crippen LogP contribution in [0.5, 0.6) is 0 Å². The number of ketones is 1. The molecule has 1 aromatic rings. The number of halogens is 1. The second kappa shape index (κ2) is 4.97. The van der Waals surface area contributed by atoms with Crippen LogP contribution < -0.4 is 0 Å². The average Bonchev–Trinajstić information content (AvgIpc) is 2.15. The van der Waals surface area contributed by atoms with Crippen molar-refractivity contribution < 1.29 is 4.79 Å². The Morgan fingerprint density at radius 1 is 1.38 bits per heavy atom. The van der Waals surface area contributed by atoms with Crippen molar-refractivity contribution in [2.75, 3.05) is 0 Å². The van der Waals surface area contributed by atoms with Gasteiger partial charge in [-0.05, 0) is 18.6 Å². The first-order valence-corrected chi connectivity index (χ1v) is 5.03. The third-order valence-electron chi connectivity index (χ3n) is 1.63. The van der Waals surface area contributed by atoms with Crippen LogP contribution in [0, 0.1) is 0 Å². The predicted molar refractivity (Wildman–Crippen MR) is 58.9 cm³/mol. The molecule has 68 valence electrons. The Bertz CT molecular complexity index is 301. The molecule has 0 aliphatic heterocycles. The lowest BCUT2D eigenvalue weighted by molar-refractivity contribution is -0.113. The van der Waals surface area contributed by atoms with E-state index in [1.54, 1.807) is 6.08 Å². The molecule has 0 aromatic heterocycles. The molecule has 0 aliphatic carbocycles. The van der Waals surface area contributed by atoms with Gasteiger partial charge in [0.25, 0.3) is 0 Å². The third kappa shape index (κ3) is 3.55. The number of carbonyl (C=O) groups is 1. The summed E-state index contributed by atoms with van der Waals surface area (Å²) < 4.78 is 0. The summed E-state index contributed by atoms with van der Waals surface area (Å²) in [6, 6.07) is 9.76. The van der Waals surface area contributed by atoms with E-state index in [1.807, 2.05) is 43.3 Å². The molecule has 0 amide bonds. The van der Waals surface area contributed by atoms with Gasteiger partial charge in [0.15, 0.2) is 5.78 Å². The van der Waals surface area contributed by atoms with Crippen LogP contribution in [0.1, 0.15) is 12.5 Å². The Morgan fingerprint density at radius 3 is 2.54 bits per heavy atom. The maximum Gasteiger partial charge on any atom is 0.169 e. The first-order valence-electron chi connectivity index (χ1n) is 4.11. The number of benzene rings is 1. The van der Waals surface area contributed by atoms with Crippen molar-refractivity contribution in [1.82, 2.24) is 0 Å². The van der Waals surface area contributed by atoms with Crippen LogP contribution in [0.3, 0.4) is 0 Å². The minimum Gasteiger partial charge on any atom is -0.294 e. The molecule has 0 bridgehead atoms. The first-order chi connectivity index (χ1) is 6.20. The van der Waals surface area contributed by atoms with Gasteiger partial charge in [-0.1, -0.05) is 52.3 Å². The summed E-state index contributed by atoms with van der Waals surface area (Å²) in [5.41, 5.74) is 1.05. The predicted octanol–water partition coefficient (Wildman–Crippen LogP) is 3.05. The highest BCUT2D eigenvalue weighted by Gasteiger charge is 2.02. The van der Waals surface area contributed by atoms with Crippen molar-refractivity contribution in [2.45, 2.75) is 11.8 Å². The molecular formula is C11H11BrO. The summed E-state index contributed by atoms with van der Waals surface area (Å²) in [6.07, 6.45) is 3.41. The van der Waals surface area contributed by atoms with E-state index in [-0.39, 0.29) is 10.6 Å². The fraction of sp³-hybridized carbons (Fsp3) is 0.182. The lowest BCUT2D eigenvalue weighted by Crippen LogP contribution is -2.04. The molecule has 1 rings (SSSR count). The topological polar surface area (TPSA) is 17.1 Å². The number of alkyl halides is 1. The summed E-state index contributed by atoms with van der Waals surface area (Å²) in [4.78, 5) is 11.1. The largest absolute Gasteiger partial charge is 0.294 e. The molecule has 13 heavy (non-hydrogen) atoms. The van der Waals surface area contributed by atoms with Crippen LogP contribution in [-0.2, 0) is 4.79 Å². The van der Waals surface area contributed by atoms with Crippen LogP contribution >= 0.6 is 15.9 Å². The lowest BCUT2D eigenvalue weighted by Gasteiger charge is -1.94. The zero-order chi connectivity index (χ0) is 9.68. The van der Waals surface area contributed by atoms with E-state index in [0.29, 0.717) is 0 Å². The smallest absolute Gasteiger partial charge is 0.169 e. The van der Waals surface area contributed by atoms with Crippen molar-refractivity contribution in [1.29, 1.82) is 0 Å². The molecule has 0 heterocycles. The molecule has 0 radical (unpaired) electrons. The fourth-order valence-corrected chi connectivity index (χ4v) is 1.03. The molecule has 2 heteroatoms. The van der Waals surface area contributed by atoms with Gasteiger partial charge in [-0.25, -0.2) is 0 Å². The highest BCUT2D eigenvalue weighted by molar-refractivity contribution is 9.10. The summed E-state index contributed by atoms with van der Waals surface area (Å²) in [7, 11) is 0. The van der Waals surface area contributed by atoms with Crippen molar-refractivity contribution in [3.05, 3.63) is 42.0 Å². The highest BCUT2D eigenvalue weighted by Crippen LogP contribution is 2.04. The van der Waals surface area contributed by atoms with E-state index in [2.05, 4.69) is 15.9 Å². The normalized spacial score (nSPS) is 13.1. The summed E-state index contributed by atoms with van der Waals surface area (Å²) in [6.45, 7) is 1.82. The Labute approximate surface area is 86.6 Å². The van der Waals surface area contributed by atoms with Gasteiger partial charge >= 0.3 is 0 Å². The van der Waals surface area contributed by atoms with Gasteiger partial charge in [-0.15, -0.1) is 0 Å². The first kappa shape index (κ1) is 10.2. The van der Waals surface area contributed by atoms with Crippen LogP contribution in [0.15, 0.2) is 36.4 Å². The van der Waals surface area contributed by atoms with Crippen molar-refractivity contribution >= 4 is 27.8 Å². The molecule has 1 nitrogen and oxygen atoms in total. The van der Waals surface area contributed by atoms with Crippen molar-refractivity contribution in [2.24, 2.45) is 0 Å². The van der Waals surface area contributed by atoms with Gasteiger partial charge in [-0.3, -0.25) is 4.79 Å². The van der Waals surface area contributed by atoms with Crippen LogP contribution in [0.25, 0.3) is 6.08 Å². The second-order valence-electron chi connectivity index (χ2n) is 2.76. The monoisotopic (exact) mass is 238 g/mol. The minimum atomic E-state index is -0.104. The second-order valence-corrected chi connectivity index (χ2v) is 4.14. The molecule has 1 atom stereocenters. The van der Waals surface area contributed by atoms with Crippen molar-refractivity contribution in [3.8, 4) is 0 Å². The molecule has 0 saturated carbocycles. The van der Waals surface area contributed by atoms with Gasteiger partial charge < -0.3 is 0 Å². The Kier molecular flexibility index (Phi) is 3.90. The minimum absolute atomic E-state index is 0.0869. The SMILES string of the molecule is CC(Br)C(=O)/C=C/c1ccccc1. The number of hydrogen-bond acceptors (Lipinski definition) is 1. The van der Waals surface area contributed by atoms with Crippen LogP contribution in [0.4, 0.5) is 0 Å². The average molecular weight is 239 g/mol. The molecule has 1 unspecified atom stereocenters. The van der Waals surface area contributed by atoms with E-state index < -0.39 is 0 Å². The maximum atomic E-state index is 11.2. The Hall–Kier alpha value is -0.890. The number of carbonyl (C=O) groups excluding carboxylic acids is 1. The van der Waals surface area contributed by atoms with E-state index in [9.17, 15) is 4.79 Å². The molecule has 0 aliphatic rings. The fourth-order valence-electron chi connectivity index (χ4n) is 0.875. The maximum absolute atomic E-state index is 11.2. The van der Waals surface area contributed by atoms with E-state index in [0.717, 1.165) is 5.56 Å². The molecule has 0 fully saturated rings. The standard InChI is InChI=1S/C11H11BrO/c1-9(12)11(13)8-7-10-5-3-2-4-6-10/h2-9H,1H3/b8-7+. The van der Waals surface area contributed by atoms with Gasteiger partial charge in [0, 0.05) is 0 Å². The van der Waals surface area contributed by atoms with E-state index >= 15 is 0 Å².